The van der Waals surface area contributed by atoms with Gasteiger partial charge in [0.05, 0.1) is 6.61 Å². The third-order valence-electron chi connectivity index (χ3n) is 1.32. The zero-order valence-corrected chi connectivity index (χ0v) is 6.18. The molecule has 1 heterocycles. The van der Waals surface area contributed by atoms with Gasteiger partial charge in [-0.25, -0.2) is 0 Å². The van der Waals surface area contributed by atoms with Crippen molar-refractivity contribution in [2.45, 2.75) is 13.3 Å². The normalized spacial score (nSPS) is 17.5. The first-order valence-corrected chi connectivity index (χ1v) is 3.54. The van der Waals surface area contributed by atoms with Crippen molar-refractivity contribution in [3.05, 3.63) is 6.67 Å². The maximum atomic E-state index is 5.16. The predicted octanol–water partition coefficient (Wildman–Crippen LogP) is 0.453. The molecule has 0 saturated carbocycles. The van der Waals surface area contributed by atoms with Crippen LogP contribution in [0.4, 0.5) is 0 Å². The summed E-state index contributed by atoms with van der Waals surface area (Å²) in [6.45, 7) is 7.08. The highest BCUT2D eigenvalue weighted by molar-refractivity contribution is 5.88. The van der Waals surface area contributed by atoms with Crippen molar-refractivity contribution in [3.63, 3.8) is 0 Å². The van der Waals surface area contributed by atoms with E-state index in [1.54, 1.807) is 0 Å². The number of rotatable bonds is 4. The molecule has 0 amide bonds. The van der Waals surface area contributed by atoms with Crippen LogP contribution in [0.25, 0.3) is 0 Å². The maximum Gasteiger partial charge on any atom is 0.196 e. The number of aliphatic imine (C=N–C) groups is 1. The Hall–Kier alpha value is -0.410. The van der Waals surface area contributed by atoms with Crippen molar-refractivity contribution in [2.24, 2.45) is 4.99 Å². The fourth-order valence-corrected chi connectivity index (χ4v) is 0.778. The van der Waals surface area contributed by atoms with E-state index in [2.05, 4.69) is 17.0 Å². The number of ether oxygens (including phenoxy) is 1. The lowest BCUT2D eigenvalue weighted by Gasteiger charge is -1.98. The molecule has 0 aliphatic carbocycles. The Morgan fingerprint density at radius 1 is 1.80 bits per heavy atom. The first-order valence-electron chi connectivity index (χ1n) is 3.54. The summed E-state index contributed by atoms with van der Waals surface area (Å²) in [5.41, 5.74) is 1.13. The first kappa shape index (κ1) is 7.69. The van der Waals surface area contributed by atoms with Crippen LogP contribution in [0, 0.1) is 6.67 Å². The summed E-state index contributed by atoms with van der Waals surface area (Å²) < 4.78 is 5.16. The number of nitrogens with zero attached hydrogens (tertiary/aromatic N) is 1. The minimum atomic E-state index is 0.776. The summed E-state index contributed by atoms with van der Waals surface area (Å²) >= 11 is 0. The van der Waals surface area contributed by atoms with Crippen molar-refractivity contribution in [3.8, 4) is 0 Å². The number of hydrogen-bond acceptors (Lipinski definition) is 3. The standard InChI is InChI=1S/C7H12N2O/c1-2-10-4-3-7-5-8-6-9-7/h8H,2-5H2,1H3. The van der Waals surface area contributed by atoms with E-state index in [1.807, 2.05) is 6.92 Å². The summed E-state index contributed by atoms with van der Waals surface area (Å²) in [5, 5.41) is 2.89. The van der Waals surface area contributed by atoms with Gasteiger partial charge in [0.1, 0.15) is 0 Å². The van der Waals surface area contributed by atoms with Gasteiger partial charge in [0.25, 0.3) is 0 Å². The summed E-state index contributed by atoms with van der Waals surface area (Å²) in [4.78, 5) is 3.98. The lowest BCUT2D eigenvalue weighted by molar-refractivity contribution is 0.155. The molecular formula is C7H12N2O. The Morgan fingerprint density at radius 3 is 3.30 bits per heavy atom. The zero-order valence-electron chi connectivity index (χ0n) is 6.18. The van der Waals surface area contributed by atoms with E-state index < -0.39 is 0 Å². The summed E-state index contributed by atoms with van der Waals surface area (Å²) in [5.74, 6) is 0. The average molecular weight is 140 g/mol. The number of nitrogens with one attached hydrogen (secondary N) is 1. The number of hydrogen-bond donors (Lipinski definition) is 1. The van der Waals surface area contributed by atoms with Crippen LogP contribution in [0.5, 0.6) is 0 Å². The first-order chi connectivity index (χ1) is 4.93. The average Bonchev–Trinajstić information content (AvgIpc) is 2.41. The molecule has 0 aromatic rings. The second kappa shape index (κ2) is 4.41. The van der Waals surface area contributed by atoms with Gasteiger partial charge in [-0.05, 0) is 6.92 Å². The highest BCUT2D eigenvalue weighted by atomic mass is 16.5. The lowest BCUT2D eigenvalue weighted by atomic mass is 10.3. The molecule has 0 fully saturated rings. The van der Waals surface area contributed by atoms with Gasteiger partial charge >= 0.3 is 0 Å². The highest BCUT2D eigenvalue weighted by Crippen LogP contribution is 1.95. The molecule has 0 saturated heterocycles. The van der Waals surface area contributed by atoms with Gasteiger partial charge in [0, 0.05) is 25.3 Å². The van der Waals surface area contributed by atoms with Gasteiger partial charge in [0.15, 0.2) is 6.67 Å². The molecule has 1 aliphatic rings. The summed E-state index contributed by atoms with van der Waals surface area (Å²) in [7, 11) is 0. The van der Waals surface area contributed by atoms with Crippen LogP contribution in [0.15, 0.2) is 4.99 Å². The zero-order chi connectivity index (χ0) is 7.23. The largest absolute Gasteiger partial charge is 0.381 e. The molecule has 0 spiro atoms. The van der Waals surface area contributed by atoms with Gasteiger partial charge in [-0.1, -0.05) is 0 Å². The second-order valence-electron chi connectivity index (χ2n) is 2.09. The fourth-order valence-electron chi connectivity index (χ4n) is 0.778. The Labute approximate surface area is 61.5 Å². The molecule has 1 aliphatic heterocycles. The van der Waals surface area contributed by atoms with E-state index in [-0.39, 0.29) is 0 Å². The molecule has 0 bridgehead atoms. The minimum Gasteiger partial charge on any atom is -0.381 e. The molecular weight excluding hydrogens is 128 g/mol. The lowest BCUT2D eigenvalue weighted by Crippen LogP contribution is -2.13. The predicted molar refractivity (Wildman–Crippen MR) is 39.8 cm³/mol. The fraction of sp³-hybridized carbons (Fsp3) is 0.714. The van der Waals surface area contributed by atoms with E-state index >= 15 is 0 Å². The van der Waals surface area contributed by atoms with Gasteiger partial charge in [0.2, 0.25) is 0 Å². The van der Waals surface area contributed by atoms with Crippen molar-refractivity contribution in [2.75, 3.05) is 19.8 Å². The molecule has 0 unspecified atom stereocenters. The Kier molecular flexibility index (Phi) is 3.40. The molecule has 0 atom stereocenters. The van der Waals surface area contributed by atoms with E-state index in [9.17, 15) is 0 Å². The molecule has 56 valence electrons. The monoisotopic (exact) mass is 140 g/mol. The van der Waals surface area contributed by atoms with Gasteiger partial charge < -0.3 is 4.74 Å². The molecule has 1 N–H and O–H groups in total. The van der Waals surface area contributed by atoms with Crippen LogP contribution in [0.1, 0.15) is 13.3 Å². The Morgan fingerprint density at radius 2 is 2.70 bits per heavy atom. The van der Waals surface area contributed by atoms with Gasteiger partial charge in [-0.2, -0.15) is 0 Å². The summed E-state index contributed by atoms with van der Waals surface area (Å²) in [6.07, 6.45) is 0.924. The van der Waals surface area contributed by atoms with Crippen LogP contribution in [0.2, 0.25) is 0 Å². The van der Waals surface area contributed by atoms with Crippen molar-refractivity contribution >= 4 is 5.71 Å². The topological polar surface area (TPSA) is 33.6 Å². The van der Waals surface area contributed by atoms with E-state index in [4.69, 9.17) is 4.74 Å². The van der Waals surface area contributed by atoms with Gasteiger partial charge in [-0.3, -0.25) is 10.3 Å². The quantitative estimate of drug-likeness (QED) is 0.575. The van der Waals surface area contributed by atoms with Crippen molar-refractivity contribution < 1.29 is 4.74 Å². The third kappa shape index (κ3) is 2.45. The van der Waals surface area contributed by atoms with Crippen LogP contribution >= 0.6 is 0 Å². The molecule has 3 heteroatoms. The molecule has 2 radical (unpaired) electrons. The molecule has 0 aromatic heterocycles. The highest BCUT2D eigenvalue weighted by Gasteiger charge is 2.04. The SMILES string of the molecule is CCOCCC1=N[C]NC1. The smallest absolute Gasteiger partial charge is 0.196 e. The van der Waals surface area contributed by atoms with Crippen LogP contribution in [-0.4, -0.2) is 25.5 Å². The molecule has 1 rings (SSSR count). The maximum absolute atomic E-state index is 5.16. The van der Waals surface area contributed by atoms with E-state index in [1.165, 1.54) is 0 Å². The van der Waals surface area contributed by atoms with Gasteiger partial charge in [-0.15, -0.1) is 0 Å². The van der Waals surface area contributed by atoms with Crippen LogP contribution < -0.4 is 5.32 Å². The van der Waals surface area contributed by atoms with E-state index in [0.29, 0.717) is 0 Å². The molecule has 0 aromatic carbocycles. The Balaban J connectivity index is 2.01. The Bertz CT molecular complexity index is 123. The second-order valence-corrected chi connectivity index (χ2v) is 2.09. The van der Waals surface area contributed by atoms with E-state index in [0.717, 1.165) is 31.9 Å². The van der Waals surface area contributed by atoms with Crippen LogP contribution in [0.3, 0.4) is 0 Å². The van der Waals surface area contributed by atoms with Crippen molar-refractivity contribution in [1.82, 2.24) is 5.32 Å². The minimum absolute atomic E-state index is 0.776. The molecule has 3 nitrogen and oxygen atoms in total. The van der Waals surface area contributed by atoms with Crippen LogP contribution in [-0.2, 0) is 4.74 Å². The van der Waals surface area contributed by atoms with Crippen molar-refractivity contribution in [1.29, 1.82) is 0 Å². The summed E-state index contributed by atoms with van der Waals surface area (Å²) in [6, 6.07) is 0. The molecule has 10 heavy (non-hydrogen) atoms. The third-order valence-corrected chi connectivity index (χ3v) is 1.32.